The fourth-order valence-corrected chi connectivity index (χ4v) is 6.71. The Morgan fingerprint density at radius 2 is 1.73 bits per heavy atom. The van der Waals surface area contributed by atoms with Crippen molar-refractivity contribution in [2.24, 2.45) is 0 Å². The van der Waals surface area contributed by atoms with E-state index in [0.29, 0.717) is 32.7 Å². The van der Waals surface area contributed by atoms with Crippen molar-refractivity contribution < 1.29 is 22.3 Å². The van der Waals surface area contributed by atoms with E-state index in [0.717, 1.165) is 49.9 Å². The quantitative estimate of drug-likeness (QED) is 0.242. The average molecular weight is 570 g/mol. The first-order valence-electron chi connectivity index (χ1n) is 14.2. The fraction of sp³-hybridized carbons (Fsp3) is 0.452. The van der Waals surface area contributed by atoms with Gasteiger partial charge in [-0.2, -0.15) is 4.31 Å². The van der Waals surface area contributed by atoms with E-state index in [-0.39, 0.29) is 29.9 Å². The molecule has 4 rings (SSSR count). The maximum absolute atomic E-state index is 14.0. The molecule has 1 aliphatic rings. The van der Waals surface area contributed by atoms with Crippen LogP contribution < -0.4 is 0 Å². The number of ether oxygens (including phenoxy) is 1. The number of nitrogens with zero attached hydrogens (tertiary/aromatic N) is 3. The summed E-state index contributed by atoms with van der Waals surface area (Å²) in [5.74, 6) is -0.735. The number of carbonyl (C=O) groups is 1. The van der Waals surface area contributed by atoms with Crippen molar-refractivity contribution in [3.63, 3.8) is 0 Å². The minimum atomic E-state index is -4.02. The van der Waals surface area contributed by atoms with E-state index in [1.807, 2.05) is 48.4 Å². The Balaban J connectivity index is 1.57. The van der Waals surface area contributed by atoms with Gasteiger partial charge in [-0.05, 0) is 68.1 Å². The number of rotatable bonds is 14. The van der Waals surface area contributed by atoms with E-state index in [9.17, 15) is 17.6 Å². The molecule has 0 atom stereocenters. The Kier molecular flexibility index (Phi) is 10.9. The first-order chi connectivity index (χ1) is 19.4. The number of halogens is 1. The zero-order valence-corrected chi connectivity index (χ0v) is 24.1. The summed E-state index contributed by atoms with van der Waals surface area (Å²) < 4.78 is 49.6. The summed E-state index contributed by atoms with van der Waals surface area (Å²) in [5, 5.41) is 0. The van der Waals surface area contributed by atoms with Crippen LogP contribution in [0.4, 0.5) is 4.39 Å². The predicted molar refractivity (Wildman–Crippen MR) is 154 cm³/mol. The number of aromatic nitrogens is 1. The van der Waals surface area contributed by atoms with Gasteiger partial charge in [0.05, 0.1) is 18.0 Å². The minimum Gasteiger partial charge on any atom is -0.382 e. The third-order valence-electron chi connectivity index (χ3n) is 7.45. The Bertz CT molecular complexity index is 1310. The summed E-state index contributed by atoms with van der Waals surface area (Å²) in [4.78, 5) is 15.8. The van der Waals surface area contributed by atoms with Crippen molar-refractivity contribution in [3.8, 4) is 0 Å². The highest BCUT2D eigenvalue weighted by atomic mass is 32.2. The van der Waals surface area contributed by atoms with Crippen LogP contribution in [0.3, 0.4) is 0 Å². The topological polar surface area (TPSA) is 71.8 Å². The largest absolute Gasteiger partial charge is 0.382 e. The van der Waals surface area contributed by atoms with E-state index in [1.165, 1.54) is 22.0 Å². The van der Waals surface area contributed by atoms with Crippen molar-refractivity contribution in [2.75, 3.05) is 26.3 Å². The maximum atomic E-state index is 14.0. The highest BCUT2D eigenvalue weighted by Gasteiger charge is 2.32. The summed E-state index contributed by atoms with van der Waals surface area (Å²) in [6.07, 6.45) is 7.51. The molecule has 0 aliphatic heterocycles. The molecule has 2 aromatic carbocycles. The van der Waals surface area contributed by atoms with Gasteiger partial charge in [-0.1, -0.05) is 49.6 Å². The van der Waals surface area contributed by atoms with Gasteiger partial charge in [-0.3, -0.25) is 4.79 Å². The van der Waals surface area contributed by atoms with Crippen LogP contribution in [0.25, 0.3) is 0 Å². The highest BCUT2D eigenvalue weighted by molar-refractivity contribution is 7.89. The summed E-state index contributed by atoms with van der Waals surface area (Å²) in [6.45, 7) is 3.76. The summed E-state index contributed by atoms with van der Waals surface area (Å²) in [6, 6.07) is 19.0. The van der Waals surface area contributed by atoms with Crippen molar-refractivity contribution in [2.45, 2.75) is 69.5 Å². The van der Waals surface area contributed by atoms with Gasteiger partial charge in [0.25, 0.3) is 0 Å². The second kappa shape index (κ2) is 14.6. The van der Waals surface area contributed by atoms with Gasteiger partial charge < -0.3 is 14.2 Å². The molecule has 0 N–H and O–H groups in total. The lowest BCUT2D eigenvalue weighted by molar-refractivity contribution is -0.135. The smallest absolute Gasteiger partial charge is 0.243 e. The molecule has 1 fully saturated rings. The molecule has 0 unspecified atom stereocenters. The van der Waals surface area contributed by atoms with Crippen LogP contribution in [0.2, 0.25) is 0 Å². The Hall–Kier alpha value is -3.01. The Labute approximate surface area is 237 Å². The molecular weight excluding hydrogens is 529 g/mol. The summed E-state index contributed by atoms with van der Waals surface area (Å²) in [7, 11) is -4.02. The predicted octanol–water partition coefficient (Wildman–Crippen LogP) is 5.45. The van der Waals surface area contributed by atoms with E-state index in [4.69, 9.17) is 4.74 Å². The summed E-state index contributed by atoms with van der Waals surface area (Å²) in [5.41, 5.74) is 2.17. The number of hydrogen-bond donors (Lipinski definition) is 0. The lowest BCUT2D eigenvalue weighted by Gasteiger charge is -2.36. The number of carbonyl (C=O) groups excluding carboxylic acids is 1. The molecule has 216 valence electrons. The van der Waals surface area contributed by atoms with Crippen molar-refractivity contribution >= 4 is 15.9 Å². The number of sulfonamides is 1. The third-order valence-corrected chi connectivity index (χ3v) is 9.31. The van der Waals surface area contributed by atoms with Gasteiger partial charge in [-0.15, -0.1) is 0 Å². The molecule has 7 nitrogen and oxygen atoms in total. The van der Waals surface area contributed by atoms with Gasteiger partial charge in [-0.25, -0.2) is 12.8 Å². The van der Waals surface area contributed by atoms with Gasteiger partial charge in [0.1, 0.15) is 5.82 Å². The molecule has 0 bridgehead atoms. The van der Waals surface area contributed by atoms with Crippen LogP contribution in [0.5, 0.6) is 0 Å². The average Bonchev–Trinajstić information content (AvgIpc) is 3.40. The monoisotopic (exact) mass is 569 g/mol. The van der Waals surface area contributed by atoms with Crippen LogP contribution in [0.1, 0.15) is 56.7 Å². The van der Waals surface area contributed by atoms with Crippen molar-refractivity contribution in [1.82, 2.24) is 13.8 Å². The zero-order chi connectivity index (χ0) is 28.4. The molecule has 0 radical (unpaired) electrons. The molecular formula is C31H40FN3O4S. The van der Waals surface area contributed by atoms with Gasteiger partial charge >= 0.3 is 0 Å². The van der Waals surface area contributed by atoms with Crippen LogP contribution in [-0.2, 0) is 32.6 Å². The van der Waals surface area contributed by atoms with E-state index in [1.54, 1.807) is 0 Å². The number of hydrogen-bond acceptors (Lipinski definition) is 4. The molecule has 0 saturated heterocycles. The van der Waals surface area contributed by atoms with Gasteiger partial charge in [0.2, 0.25) is 15.9 Å². The molecule has 9 heteroatoms. The normalized spacial score (nSPS) is 14.5. The maximum Gasteiger partial charge on any atom is 0.243 e. The molecule has 1 heterocycles. The van der Waals surface area contributed by atoms with Crippen LogP contribution >= 0.6 is 0 Å². The van der Waals surface area contributed by atoms with Crippen molar-refractivity contribution in [1.29, 1.82) is 0 Å². The molecule has 1 saturated carbocycles. The van der Waals surface area contributed by atoms with Gasteiger partial charge in [0, 0.05) is 44.2 Å². The molecule has 3 aromatic rings. The first kappa shape index (κ1) is 30.0. The number of amides is 1. The first-order valence-corrected chi connectivity index (χ1v) is 15.6. The summed E-state index contributed by atoms with van der Waals surface area (Å²) >= 11 is 0. The number of benzene rings is 2. The lowest BCUT2D eigenvalue weighted by atomic mass is 9.94. The lowest BCUT2D eigenvalue weighted by Crippen LogP contribution is -2.47. The van der Waals surface area contributed by atoms with Crippen LogP contribution in [0.15, 0.2) is 77.8 Å². The van der Waals surface area contributed by atoms with E-state index < -0.39 is 15.8 Å². The third kappa shape index (κ3) is 8.02. The second-order valence-corrected chi connectivity index (χ2v) is 12.2. The van der Waals surface area contributed by atoms with Gasteiger partial charge in [0.15, 0.2) is 0 Å². The Morgan fingerprint density at radius 1 is 1.00 bits per heavy atom. The molecule has 0 spiro atoms. The molecule has 1 amide bonds. The molecule has 1 aromatic heterocycles. The SMILES string of the molecule is CCOCCCN(CC(=O)N(Cc1cccn1Cc1ccccc1)C1CCCCC1)S(=O)(=O)c1ccc(F)cc1. The van der Waals surface area contributed by atoms with Crippen molar-refractivity contribution in [3.05, 3.63) is 90.0 Å². The molecule has 1 aliphatic carbocycles. The minimum absolute atomic E-state index is 0.0286. The van der Waals surface area contributed by atoms with Crippen LogP contribution in [-0.4, -0.2) is 60.4 Å². The standard InChI is InChI=1S/C31H40FN3O4S/c1-2-39-22-10-21-34(40(37,38)30-18-16-27(32)17-19-30)25-31(36)35(28-13-7-4-8-14-28)24-29-15-9-20-33(29)23-26-11-5-3-6-12-26/h3,5-6,9,11-12,15-20,28H,2,4,7-8,10,13-14,21-25H2,1H3. The highest BCUT2D eigenvalue weighted by Crippen LogP contribution is 2.26. The molecule has 40 heavy (non-hydrogen) atoms. The second-order valence-electron chi connectivity index (χ2n) is 10.3. The fourth-order valence-electron chi connectivity index (χ4n) is 5.28. The Morgan fingerprint density at radius 3 is 2.42 bits per heavy atom. The van der Waals surface area contributed by atoms with Crippen LogP contribution in [0, 0.1) is 5.82 Å². The van der Waals surface area contributed by atoms with E-state index >= 15 is 0 Å². The zero-order valence-electron chi connectivity index (χ0n) is 23.3. The van der Waals surface area contributed by atoms with E-state index in [2.05, 4.69) is 16.7 Å².